The summed E-state index contributed by atoms with van der Waals surface area (Å²) < 4.78 is 31.1. The third-order valence-corrected chi connectivity index (χ3v) is 5.85. The summed E-state index contributed by atoms with van der Waals surface area (Å²) in [5, 5.41) is 12.3. The summed E-state index contributed by atoms with van der Waals surface area (Å²) in [5.74, 6) is -0.231. The Hall–Kier alpha value is -2.72. The van der Waals surface area contributed by atoms with E-state index in [0.717, 1.165) is 0 Å². The fourth-order valence-corrected chi connectivity index (χ4v) is 4.34. The van der Waals surface area contributed by atoms with Crippen LogP contribution in [0.2, 0.25) is 0 Å². The van der Waals surface area contributed by atoms with Gasteiger partial charge in [0.15, 0.2) is 0 Å². The number of anilines is 1. The molecule has 0 fully saturated rings. The minimum Gasteiger partial charge on any atom is -0.462 e. The fourth-order valence-electron chi connectivity index (χ4n) is 2.59. The Kier molecular flexibility index (Phi) is 9.40. The SMILES string of the molecule is CC(C)OC(=O)[C@H](C)NP(=O)(CO[C@H](CO)Cn1ccc(N)nc1=O)Oc1ccccc1. The van der Waals surface area contributed by atoms with Crippen molar-refractivity contribution < 1.29 is 28.5 Å². The summed E-state index contributed by atoms with van der Waals surface area (Å²) >= 11 is 0. The molecule has 4 N–H and O–H groups in total. The molecule has 0 radical (unpaired) electrons. The summed E-state index contributed by atoms with van der Waals surface area (Å²) in [6.07, 6.45) is -0.309. The van der Waals surface area contributed by atoms with Gasteiger partial charge in [-0.1, -0.05) is 18.2 Å². The van der Waals surface area contributed by atoms with Gasteiger partial charge in [0.1, 0.15) is 24.0 Å². The van der Waals surface area contributed by atoms with Crippen LogP contribution in [0, 0.1) is 0 Å². The molecule has 3 atom stereocenters. The number of aliphatic hydroxyl groups is 1. The Morgan fingerprint density at radius 1 is 1.25 bits per heavy atom. The second-order valence-electron chi connectivity index (χ2n) is 7.30. The summed E-state index contributed by atoms with van der Waals surface area (Å²) in [5.41, 5.74) is 4.86. The zero-order chi connectivity index (χ0) is 23.7. The van der Waals surface area contributed by atoms with Crippen molar-refractivity contribution in [1.82, 2.24) is 14.6 Å². The average Bonchev–Trinajstić information content (AvgIpc) is 2.72. The van der Waals surface area contributed by atoms with E-state index in [4.69, 9.17) is 19.7 Å². The molecule has 0 saturated carbocycles. The van der Waals surface area contributed by atoms with E-state index in [1.165, 1.54) is 23.8 Å². The normalized spacial score (nSPS) is 15.0. The Labute approximate surface area is 186 Å². The summed E-state index contributed by atoms with van der Waals surface area (Å²) in [6, 6.07) is 8.87. The number of aliphatic hydroxyl groups excluding tert-OH is 1. The molecule has 0 aliphatic carbocycles. The van der Waals surface area contributed by atoms with Crippen LogP contribution in [-0.2, 0) is 25.4 Å². The third kappa shape index (κ3) is 8.08. The van der Waals surface area contributed by atoms with Gasteiger partial charge in [-0.3, -0.25) is 13.9 Å². The predicted octanol–water partition coefficient (Wildman–Crippen LogP) is 1.36. The van der Waals surface area contributed by atoms with Crippen LogP contribution < -0.4 is 21.0 Å². The average molecular weight is 468 g/mol. The molecular formula is C20H29N4O7P. The molecule has 2 rings (SSSR count). The molecule has 12 heteroatoms. The van der Waals surface area contributed by atoms with Crippen molar-refractivity contribution in [3.63, 3.8) is 0 Å². The minimum atomic E-state index is -3.79. The number of para-hydroxylation sites is 1. The lowest BCUT2D eigenvalue weighted by Crippen LogP contribution is -2.37. The molecule has 1 aromatic carbocycles. The highest BCUT2D eigenvalue weighted by Crippen LogP contribution is 2.44. The van der Waals surface area contributed by atoms with E-state index < -0.39 is 44.3 Å². The Bertz CT molecular complexity index is 983. The smallest absolute Gasteiger partial charge is 0.349 e. The van der Waals surface area contributed by atoms with Gasteiger partial charge in [0.05, 0.1) is 25.4 Å². The zero-order valence-corrected chi connectivity index (χ0v) is 19.1. The number of nitrogens with zero attached hydrogens (tertiary/aromatic N) is 2. The van der Waals surface area contributed by atoms with Crippen molar-refractivity contribution in [2.75, 3.05) is 18.7 Å². The molecule has 1 unspecified atom stereocenters. The zero-order valence-electron chi connectivity index (χ0n) is 18.2. The summed E-state index contributed by atoms with van der Waals surface area (Å²) in [6.45, 7) is 4.38. The van der Waals surface area contributed by atoms with Gasteiger partial charge >= 0.3 is 19.2 Å². The number of nitrogens with two attached hydrogens (primary N) is 1. The van der Waals surface area contributed by atoms with Crippen LogP contribution in [0.5, 0.6) is 5.75 Å². The van der Waals surface area contributed by atoms with Gasteiger partial charge in [0, 0.05) is 6.20 Å². The largest absolute Gasteiger partial charge is 0.462 e. The first-order chi connectivity index (χ1) is 15.1. The number of carbonyl (C=O) groups is 1. The second kappa shape index (κ2) is 11.8. The van der Waals surface area contributed by atoms with Gasteiger partial charge in [-0.2, -0.15) is 4.98 Å². The highest BCUT2D eigenvalue weighted by atomic mass is 31.2. The standard InChI is InChI=1S/C20H29N4O7P/c1-14(2)30-19(26)15(3)23-32(28,31-16-7-5-4-6-8-16)13-29-17(12-25)11-24-10-9-18(21)22-20(24)27/h4-10,14-15,17,25H,11-13H2,1-3H3,(H,23,28)(H2,21,22,27)/t15-,17-,32?/m0/s1. The van der Waals surface area contributed by atoms with Crippen molar-refractivity contribution in [3.05, 3.63) is 53.1 Å². The monoisotopic (exact) mass is 468 g/mol. The van der Waals surface area contributed by atoms with E-state index >= 15 is 0 Å². The first kappa shape index (κ1) is 25.5. The first-order valence-electron chi connectivity index (χ1n) is 9.99. The first-order valence-corrected chi connectivity index (χ1v) is 11.8. The van der Waals surface area contributed by atoms with Crippen molar-refractivity contribution in [3.8, 4) is 5.75 Å². The number of nitrogens with one attached hydrogen (secondary N) is 1. The van der Waals surface area contributed by atoms with Crippen LogP contribution in [0.25, 0.3) is 0 Å². The highest BCUT2D eigenvalue weighted by molar-refractivity contribution is 7.57. The molecular weight excluding hydrogens is 439 g/mol. The van der Waals surface area contributed by atoms with Crippen LogP contribution in [0.4, 0.5) is 5.82 Å². The van der Waals surface area contributed by atoms with E-state index in [9.17, 15) is 19.3 Å². The molecule has 2 aromatic rings. The van der Waals surface area contributed by atoms with Crippen LogP contribution in [0.1, 0.15) is 20.8 Å². The third-order valence-electron chi connectivity index (χ3n) is 4.07. The van der Waals surface area contributed by atoms with Crippen LogP contribution in [-0.4, -0.2) is 51.8 Å². The predicted molar refractivity (Wildman–Crippen MR) is 118 cm³/mol. The Morgan fingerprint density at radius 3 is 2.53 bits per heavy atom. The van der Waals surface area contributed by atoms with Crippen molar-refractivity contribution in [2.45, 2.75) is 45.6 Å². The maximum absolute atomic E-state index is 13.5. The van der Waals surface area contributed by atoms with Crippen molar-refractivity contribution in [2.24, 2.45) is 0 Å². The van der Waals surface area contributed by atoms with Gasteiger partial charge in [-0.05, 0) is 39.0 Å². The van der Waals surface area contributed by atoms with Crippen LogP contribution >= 0.6 is 7.52 Å². The lowest BCUT2D eigenvalue weighted by Gasteiger charge is -2.26. The lowest BCUT2D eigenvalue weighted by atomic mass is 10.3. The molecule has 0 aliphatic rings. The molecule has 32 heavy (non-hydrogen) atoms. The number of esters is 1. The second-order valence-corrected chi connectivity index (χ2v) is 9.35. The molecule has 0 bridgehead atoms. The maximum atomic E-state index is 13.5. The number of carbonyl (C=O) groups excluding carboxylic acids is 1. The number of rotatable bonds is 12. The van der Waals surface area contributed by atoms with Crippen LogP contribution in [0.3, 0.4) is 0 Å². The van der Waals surface area contributed by atoms with Gasteiger partial charge < -0.3 is 24.8 Å². The van der Waals surface area contributed by atoms with Gasteiger partial charge in [-0.15, -0.1) is 0 Å². The molecule has 11 nitrogen and oxygen atoms in total. The molecule has 0 aliphatic heterocycles. The highest BCUT2D eigenvalue weighted by Gasteiger charge is 2.32. The number of ether oxygens (including phenoxy) is 2. The maximum Gasteiger partial charge on any atom is 0.349 e. The van der Waals surface area contributed by atoms with Gasteiger partial charge in [0.25, 0.3) is 0 Å². The minimum absolute atomic E-state index is 0.0567. The lowest BCUT2D eigenvalue weighted by molar-refractivity contribution is -0.149. The van der Waals surface area contributed by atoms with Gasteiger partial charge in [-0.25, -0.2) is 9.88 Å². The number of aromatic nitrogens is 2. The molecule has 0 amide bonds. The van der Waals surface area contributed by atoms with E-state index in [-0.39, 0.29) is 18.5 Å². The van der Waals surface area contributed by atoms with Crippen LogP contribution in [0.15, 0.2) is 47.4 Å². The quantitative estimate of drug-likeness (QED) is 0.307. The molecule has 176 valence electrons. The number of nitrogen functional groups attached to an aromatic ring is 1. The number of benzene rings is 1. The van der Waals surface area contributed by atoms with Crippen molar-refractivity contribution >= 4 is 19.3 Å². The number of hydrogen-bond acceptors (Lipinski definition) is 9. The van der Waals surface area contributed by atoms with E-state index in [0.29, 0.717) is 5.75 Å². The Morgan fingerprint density at radius 2 is 1.94 bits per heavy atom. The topological polar surface area (TPSA) is 155 Å². The fraction of sp³-hybridized carbons (Fsp3) is 0.450. The molecule has 0 saturated heterocycles. The molecule has 1 heterocycles. The summed E-state index contributed by atoms with van der Waals surface area (Å²) in [7, 11) is -3.79. The summed E-state index contributed by atoms with van der Waals surface area (Å²) in [4.78, 5) is 27.7. The van der Waals surface area contributed by atoms with Crippen molar-refractivity contribution in [1.29, 1.82) is 0 Å². The molecule has 1 aromatic heterocycles. The van der Waals surface area contributed by atoms with Gasteiger partial charge in [0.2, 0.25) is 0 Å². The molecule has 0 spiro atoms. The van der Waals surface area contributed by atoms with E-state index in [1.807, 2.05) is 0 Å². The Balaban J connectivity index is 2.14. The number of hydrogen-bond donors (Lipinski definition) is 3. The van der Waals surface area contributed by atoms with E-state index in [2.05, 4.69) is 10.1 Å². The van der Waals surface area contributed by atoms with E-state index in [1.54, 1.807) is 44.2 Å².